The van der Waals surface area contributed by atoms with Crippen LogP contribution in [0, 0.1) is 5.82 Å². The molecule has 0 saturated heterocycles. The van der Waals surface area contributed by atoms with Gasteiger partial charge in [0.25, 0.3) is 0 Å². The number of ketones is 1. The highest BCUT2D eigenvalue weighted by atomic mass is 19.1. The van der Waals surface area contributed by atoms with Gasteiger partial charge < -0.3 is 14.2 Å². The summed E-state index contributed by atoms with van der Waals surface area (Å²) in [6, 6.07) is 10.8. The number of fused-ring (bicyclic) bond motifs is 1. The average Bonchev–Trinajstić information content (AvgIpc) is 3.84. The Kier molecular flexibility index (Phi) is 6.84. The normalized spacial score (nSPS) is 12.8. The number of hydrogen-bond donors (Lipinski definition) is 0. The molecular formula is C30H24FN5O5. The highest BCUT2D eigenvalue weighted by Gasteiger charge is 2.27. The minimum Gasteiger partial charge on any atom is -0.493 e. The predicted octanol–water partition coefficient (Wildman–Crippen LogP) is 4.96. The first kappa shape index (κ1) is 26.1. The van der Waals surface area contributed by atoms with E-state index >= 15 is 0 Å². The van der Waals surface area contributed by atoms with Gasteiger partial charge in [0.05, 0.1) is 50.2 Å². The van der Waals surface area contributed by atoms with Crippen molar-refractivity contribution in [1.29, 1.82) is 0 Å². The quantitative estimate of drug-likeness (QED) is 0.233. The highest BCUT2D eigenvalue weighted by Crippen LogP contribution is 2.37. The molecule has 2 aromatic carbocycles. The van der Waals surface area contributed by atoms with E-state index in [1.54, 1.807) is 43.3 Å². The number of carbonyl (C=O) groups is 1. The Morgan fingerprint density at radius 1 is 0.976 bits per heavy atom. The van der Waals surface area contributed by atoms with E-state index in [-0.39, 0.29) is 29.5 Å². The number of halogens is 1. The lowest BCUT2D eigenvalue weighted by Crippen LogP contribution is -2.24. The van der Waals surface area contributed by atoms with Gasteiger partial charge in [-0.15, -0.1) is 0 Å². The third kappa shape index (κ3) is 5.33. The van der Waals surface area contributed by atoms with Crippen molar-refractivity contribution in [2.24, 2.45) is 0 Å². The van der Waals surface area contributed by atoms with Crippen molar-refractivity contribution in [2.45, 2.75) is 25.3 Å². The number of rotatable bonds is 9. The van der Waals surface area contributed by atoms with Crippen LogP contribution in [0.3, 0.4) is 0 Å². The van der Waals surface area contributed by atoms with Crippen molar-refractivity contribution in [2.75, 3.05) is 14.2 Å². The molecule has 11 heteroatoms. The topological polar surface area (TPSA) is 118 Å². The van der Waals surface area contributed by atoms with Gasteiger partial charge in [-0.05, 0) is 49.2 Å². The van der Waals surface area contributed by atoms with Crippen molar-refractivity contribution < 1.29 is 23.4 Å². The van der Waals surface area contributed by atoms with Gasteiger partial charge in [0, 0.05) is 29.4 Å². The van der Waals surface area contributed by atoms with Gasteiger partial charge in [0.2, 0.25) is 5.43 Å². The molecule has 0 amide bonds. The smallest absolute Gasteiger partial charge is 0.218 e. The van der Waals surface area contributed by atoms with Gasteiger partial charge in [-0.3, -0.25) is 19.3 Å². The fourth-order valence-electron chi connectivity index (χ4n) is 4.42. The standard InChI is InChI=1S/C30H24FN5O5/c1-39-26-11-21-23(12-27(26)40-2)32-10-9-25(21)41-20-14-33-28(34-15-20)13-24(37)22-16-36(19-7-8-19)35-29(30(22)38)17-3-5-18(31)6-4-17/h3-6,9-12,14-16,19H,7-8,13H2,1-2H3. The minimum atomic E-state index is -0.518. The average molecular weight is 554 g/mol. The number of carbonyl (C=O) groups excluding carboxylic acids is 1. The Bertz CT molecular complexity index is 1820. The van der Waals surface area contributed by atoms with E-state index in [2.05, 4.69) is 20.1 Å². The first-order chi connectivity index (χ1) is 19.9. The molecule has 1 fully saturated rings. The molecule has 3 aromatic heterocycles. The third-order valence-electron chi connectivity index (χ3n) is 6.71. The van der Waals surface area contributed by atoms with Crippen LogP contribution in [0.5, 0.6) is 23.0 Å². The summed E-state index contributed by atoms with van der Waals surface area (Å²) < 4.78 is 31.9. The van der Waals surface area contributed by atoms with Crippen molar-refractivity contribution in [3.8, 4) is 34.3 Å². The molecule has 0 N–H and O–H groups in total. The van der Waals surface area contributed by atoms with Gasteiger partial charge in [-0.2, -0.15) is 5.10 Å². The number of pyridine rings is 1. The summed E-state index contributed by atoms with van der Waals surface area (Å²) in [6.07, 6.45) is 7.64. The van der Waals surface area contributed by atoms with E-state index in [1.807, 2.05) is 0 Å². The Morgan fingerprint density at radius 3 is 2.37 bits per heavy atom. The van der Waals surface area contributed by atoms with Gasteiger partial charge in [-0.25, -0.2) is 14.4 Å². The molecule has 0 spiro atoms. The summed E-state index contributed by atoms with van der Waals surface area (Å²) in [6.45, 7) is 0. The molecule has 206 valence electrons. The van der Waals surface area contributed by atoms with E-state index in [1.165, 1.54) is 42.9 Å². The Balaban J connectivity index is 1.24. The minimum absolute atomic E-state index is 0.0113. The lowest BCUT2D eigenvalue weighted by molar-refractivity contribution is 0.0988. The van der Waals surface area contributed by atoms with Crippen molar-refractivity contribution in [3.63, 3.8) is 0 Å². The number of aromatic nitrogens is 5. The summed E-state index contributed by atoms with van der Waals surface area (Å²) >= 11 is 0. The lowest BCUT2D eigenvalue weighted by atomic mass is 10.1. The number of benzene rings is 2. The first-order valence-corrected chi connectivity index (χ1v) is 12.9. The van der Waals surface area contributed by atoms with E-state index in [9.17, 15) is 14.0 Å². The van der Waals surface area contributed by atoms with Gasteiger partial charge in [0.15, 0.2) is 23.0 Å². The maximum Gasteiger partial charge on any atom is 0.218 e. The molecular weight excluding hydrogens is 529 g/mol. The number of hydrogen-bond acceptors (Lipinski definition) is 9. The Hall–Kier alpha value is -5.19. The SMILES string of the molecule is COc1cc2nccc(Oc3cnc(CC(=O)c4cn(C5CC5)nc(-c5ccc(F)cc5)c4=O)nc3)c2cc1OC. The monoisotopic (exact) mass is 553 g/mol. The maximum absolute atomic E-state index is 13.5. The molecule has 1 aliphatic rings. The van der Waals surface area contributed by atoms with E-state index in [0.29, 0.717) is 39.5 Å². The third-order valence-corrected chi connectivity index (χ3v) is 6.71. The van der Waals surface area contributed by atoms with Crippen LogP contribution in [0.4, 0.5) is 4.39 Å². The molecule has 0 aliphatic heterocycles. The summed E-state index contributed by atoms with van der Waals surface area (Å²) in [5.74, 6) is 1.30. The van der Waals surface area contributed by atoms with Crippen molar-refractivity contribution in [3.05, 3.63) is 94.7 Å². The van der Waals surface area contributed by atoms with Crippen LogP contribution in [-0.4, -0.2) is 44.7 Å². The van der Waals surface area contributed by atoms with Crippen LogP contribution in [0.1, 0.15) is 35.1 Å². The van der Waals surface area contributed by atoms with E-state index in [0.717, 1.165) is 12.8 Å². The Labute approximate surface area is 233 Å². The number of ether oxygens (including phenoxy) is 3. The zero-order chi connectivity index (χ0) is 28.5. The predicted molar refractivity (Wildman–Crippen MR) is 147 cm³/mol. The number of Topliss-reactive ketones (excluding diaryl/α,β-unsaturated/α-hetero) is 1. The first-order valence-electron chi connectivity index (χ1n) is 12.9. The van der Waals surface area contributed by atoms with E-state index < -0.39 is 17.0 Å². The highest BCUT2D eigenvalue weighted by molar-refractivity contribution is 5.97. The second-order valence-corrected chi connectivity index (χ2v) is 9.51. The lowest BCUT2D eigenvalue weighted by Gasteiger charge is -2.12. The molecule has 1 aliphatic carbocycles. The van der Waals surface area contributed by atoms with Gasteiger partial charge in [-0.1, -0.05) is 0 Å². The van der Waals surface area contributed by atoms with Crippen LogP contribution in [-0.2, 0) is 6.42 Å². The summed E-state index contributed by atoms with van der Waals surface area (Å²) in [5.41, 5.74) is 0.666. The molecule has 0 radical (unpaired) electrons. The second-order valence-electron chi connectivity index (χ2n) is 9.51. The van der Waals surface area contributed by atoms with Crippen LogP contribution >= 0.6 is 0 Å². The number of nitrogens with zero attached hydrogens (tertiary/aromatic N) is 5. The largest absolute Gasteiger partial charge is 0.493 e. The van der Waals surface area contributed by atoms with Crippen molar-refractivity contribution in [1.82, 2.24) is 24.7 Å². The van der Waals surface area contributed by atoms with Gasteiger partial charge >= 0.3 is 0 Å². The molecule has 0 unspecified atom stereocenters. The molecule has 6 rings (SSSR count). The zero-order valence-corrected chi connectivity index (χ0v) is 22.2. The molecule has 41 heavy (non-hydrogen) atoms. The molecule has 10 nitrogen and oxygen atoms in total. The molecule has 1 saturated carbocycles. The second kappa shape index (κ2) is 10.8. The van der Waals surface area contributed by atoms with Gasteiger partial charge in [0.1, 0.15) is 23.1 Å². The fourth-order valence-corrected chi connectivity index (χ4v) is 4.42. The maximum atomic E-state index is 13.5. The molecule has 3 heterocycles. The van der Waals surface area contributed by atoms with E-state index in [4.69, 9.17) is 14.2 Å². The molecule has 5 aromatic rings. The van der Waals surface area contributed by atoms with Crippen molar-refractivity contribution >= 4 is 16.7 Å². The Morgan fingerprint density at radius 2 is 1.68 bits per heavy atom. The summed E-state index contributed by atoms with van der Waals surface area (Å²) in [4.78, 5) is 39.5. The molecule has 0 atom stereocenters. The van der Waals surface area contributed by atoms with Crippen LogP contribution in [0.15, 0.2) is 72.0 Å². The van der Waals surface area contributed by atoms with Crippen LogP contribution in [0.2, 0.25) is 0 Å². The number of methoxy groups -OCH3 is 2. The molecule has 0 bridgehead atoms. The summed E-state index contributed by atoms with van der Waals surface area (Å²) in [7, 11) is 3.10. The summed E-state index contributed by atoms with van der Waals surface area (Å²) in [5, 5.41) is 5.14. The van der Waals surface area contributed by atoms with Crippen LogP contribution < -0.4 is 19.6 Å². The van der Waals surface area contributed by atoms with Crippen LogP contribution in [0.25, 0.3) is 22.2 Å². The fraction of sp³-hybridized carbons (Fsp3) is 0.200. The zero-order valence-electron chi connectivity index (χ0n) is 22.2.